The lowest BCUT2D eigenvalue weighted by atomic mass is 10.0. The van der Waals surface area contributed by atoms with E-state index in [2.05, 4.69) is 61.6 Å². The Bertz CT molecular complexity index is 542. The predicted octanol–water partition coefficient (Wildman–Crippen LogP) is 4.29. The number of rotatable bonds is 4. The summed E-state index contributed by atoms with van der Waals surface area (Å²) in [5.41, 5.74) is 1.39. The van der Waals surface area contributed by atoms with Gasteiger partial charge in [0, 0.05) is 12.1 Å². The van der Waals surface area contributed by atoms with Crippen molar-refractivity contribution >= 4 is 10.8 Å². The van der Waals surface area contributed by atoms with E-state index in [1.165, 1.54) is 29.2 Å². The van der Waals surface area contributed by atoms with Crippen LogP contribution in [0.3, 0.4) is 0 Å². The van der Waals surface area contributed by atoms with Crippen LogP contribution in [0.4, 0.5) is 0 Å². The van der Waals surface area contributed by atoms with E-state index < -0.39 is 0 Å². The summed E-state index contributed by atoms with van der Waals surface area (Å²) >= 11 is 0. The van der Waals surface area contributed by atoms with Gasteiger partial charge >= 0.3 is 0 Å². The molecule has 1 aliphatic rings. The second-order valence-electron chi connectivity index (χ2n) is 5.62. The van der Waals surface area contributed by atoms with Crippen LogP contribution in [0, 0.1) is 5.92 Å². The Hall–Kier alpha value is -1.34. The Morgan fingerprint density at radius 2 is 1.72 bits per heavy atom. The van der Waals surface area contributed by atoms with Crippen molar-refractivity contribution in [3.63, 3.8) is 0 Å². The maximum Gasteiger partial charge on any atom is 0.0294 e. The van der Waals surface area contributed by atoms with Crippen molar-refractivity contribution in [2.45, 2.75) is 38.8 Å². The normalized spacial score (nSPS) is 18.8. The molecule has 1 heteroatoms. The SMILES string of the molecule is CC(NC(C)C1CC1)c1ccc2ccccc2c1. The summed E-state index contributed by atoms with van der Waals surface area (Å²) in [6.07, 6.45) is 2.80. The van der Waals surface area contributed by atoms with E-state index in [-0.39, 0.29) is 0 Å². The molecule has 0 heterocycles. The summed E-state index contributed by atoms with van der Waals surface area (Å²) in [6, 6.07) is 16.4. The van der Waals surface area contributed by atoms with Gasteiger partial charge in [0.05, 0.1) is 0 Å². The maximum absolute atomic E-state index is 3.72. The molecule has 0 aromatic heterocycles. The summed E-state index contributed by atoms with van der Waals surface area (Å²) in [6.45, 7) is 4.58. The maximum atomic E-state index is 3.72. The Balaban J connectivity index is 1.79. The first kappa shape index (κ1) is 11.7. The Morgan fingerprint density at radius 1 is 1.00 bits per heavy atom. The molecule has 1 saturated carbocycles. The minimum atomic E-state index is 0.435. The zero-order chi connectivity index (χ0) is 12.5. The third-order valence-electron chi connectivity index (χ3n) is 4.12. The van der Waals surface area contributed by atoms with Crippen LogP contribution in [-0.4, -0.2) is 6.04 Å². The van der Waals surface area contributed by atoms with Crippen LogP contribution >= 0.6 is 0 Å². The first-order chi connectivity index (χ1) is 8.74. The molecule has 1 nitrogen and oxygen atoms in total. The molecule has 0 radical (unpaired) electrons. The fourth-order valence-electron chi connectivity index (χ4n) is 2.70. The van der Waals surface area contributed by atoms with Crippen LogP contribution in [0.25, 0.3) is 10.8 Å². The van der Waals surface area contributed by atoms with Gasteiger partial charge in [0.1, 0.15) is 0 Å². The van der Waals surface area contributed by atoms with Gasteiger partial charge in [0.25, 0.3) is 0 Å². The van der Waals surface area contributed by atoms with Crippen LogP contribution < -0.4 is 5.32 Å². The molecular formula is C17H21N. The number of nitrogens with one attached hydrogen (secondary N) is 1. The summed E-state index contributed by atoms with van der Waals surface area (Å²) in [7, 11) is 0. The third-order valence-corrected chi connectivity index (χ3v) is 4.12. The minimum Gasteiger partial charge on any atom is -0.307 e. The van der Waals surface area contributed by atoms with E-state index in [4.69, 9.17) is 0 Å². The molecule has 94 valence electrons. The molecule has 1 fully saturated rings. The van der Waals surface area contributed by atoms with E-state index in [1.54, 1.807) is 0 Å². The molecular weight excluding hydrogens is 218 g/mol. The van der Waals surface area contributed by atoms with Crippen molar-refractivity contribution in [3.05, 3.63) is 48.0 Å². The van der Waals surface area contributed by atoms with Crippen molar-refractivity contribution < 1.29 is 0 Å². The highest BCUT2D eigenvalue weighted by Crippen LogP contribution is 2.33. The van der Waals surface area contributed by atoms with E-state index >= 15 is 0 Å². The van der Waals surface area contributed by atoms with Gasteiger partial charge in [0.15, 0.2) is 0 Å². The van der Waals surface area contributed by atoms with E-state index in [0.29, 0.717) is 12.1 Å². The topological polar surface area (TPSA) is 12.0 Å². The summed E-state index contributed by atoms with van der Waals surface area (Å²) in [5, 5.41) is 6.38. The highest BCUT2D eigenvalue weighted by molar-refractivity contribution is 5.83. The van der Waals surface area contributed by atoms with Gasteiger partial charge in [-0.05, 0) is 55.0 Å². The van der Waals surface area contributed by atoms with Gasteiger partial charge in [-0.25, -0.2) is 0 Å². The molecule has 0 aliphatic heterocycles. The highest BCUT2D eigenvalue weighted by atomic mass is 15.0. The zero-order valence-electron chi connectivity index (χ0n) is 11.2. The summed E-state index contributed by atoms with van der Waals surface area (Å²) in [4.78, 5) is 0. The standard InChI is InChI=1S/C17H21N/c1-12(14-7-8-14)18-13(2)16-10-9-15-5-3-4-6-17(15)11-16/h3-6,9-14,18H,7-8H2,1-2H3. The lowest BCUT2D eigenvalue weighted by Gasteiger charge is -2.20. The predicted molar refractivity (Wildman–Crippen MR) is 77.7 cm³/mol. The molecule has 2 unspecified atom stereocenters. The minimum absolute atomic E-state index is 0.435. The second kappa shape index (κ2) is 4.74. The lowest BCUT2D eigenvalue weighted by Crippen LogP contribution is -2.30. The summed E-state index contributed by atoms with van der Waals surface area (Å²) < 4.78 is 0. The number of fused-ring (bicyclic) bond motifs is 1. The summed E-state index contributed by atoms with van der Waals surface area (Å²) in [5.74, 6) is 0.910. The van der Waals surface area contributed by atoms with E-state index in [9.17, 15) is 0 Å². The van der Waals surface area contributed by atoms with Crippen LogP contribution in [0.15, 0.2) is 42.5 Å². The fourth-order valence-corrected chi connectivity index (χ4v) is 2.70. The molecule has 18 heavy (non-hydrogen) atoms. The lowest BCUT2D eigenvalue weighted by molar-refractivity contribution is 0.441. The average Bonchev–Trinajstić information content (AvgIpc) is 3.22. The van der Waals surface area contributed by atoms with Crippen LogP contribution in [0.2, 0.25) is 0 Å². The first-order valence-electron chi connectivity index (χ1n) is 6.99. The third kappa shape index (κ3) is 2.41. The Kier molecular flexibility index (Phi) is 3.09. The van der Waals surface area contributed by atoms with Crippen LogP contribution in [-0.2, 0) is 0 Å². The van der Waals surface area contributed by atoms with Crippen molar-refractivity contribution in [1.29, 1.82) is 0 Å². The van der Waals surface area contributed by atoms with Gasteiger partial charge in [-0.1, -0.05) is 36.4 Å². The molecule has 2 atom stereocenters. The van der Waals surface area contributed by atoms with Crippen molar-refractivity contribution in [1.82, 2.24) is 5.32 Å². The molecule has 1 aliphatic carbocycles. The van der Waals surface area contributed by atoms with Crippen molar-refractivity contribution in [3.8, 4) is 0 Å². The van der Waals surface area contributed by atoms with E-state index in [1.807, 2.05) is 0 Å². The van der Waals surface area contributed by atoms with Gasteiger partial charge in [-0.2, -0.15) is 0 Å². The van der Waals surface area contributed by atoms with Crippen molar-refractivity contribution in [2.24, 2.45) is 5.92 Å². The second-order valence-corrected chi connectivity index (χ2v) is 5.62. The quantitative estimate of drug-likeness (QED) is 0.839. The highest BCUT2D eigenvalue weighted by Gasteiger charge is 2.28. The number of hydrogen-bond acceptors (Lipinski definition) is 1. The Morgan fingerprint density at radius 3 is 2.44 bits per heavy atom. The van der Waals surface area contributed by atoms with Gasteiger partial charge in [-0.15, -0.1) is 0 Å². The molecule has 0 saturated heterocycles. The molecule has 3 rings (SSSR count). The largest absolute Gasteiger partial charge is 0.307 e. The zero-order valence-corrected chi connectivity index (χ0v) is 11.2. The molecule has 0 amide bonds. The van der Waals surface area contributed by atoms with E-state index in [0.717, 1.165) is 5.92 Å². The van der Waals surface area contributed by atoms with Gasteiger partial charge < -0.3 is 5.32 Å². The Labute approximate surface area is 109 Å². The van der Waals surface area contributed by atoms with Crippen LogP contribution in [0.1, 0.15) is 38.3 Å². The average molecular weight is 239 g/mol. The fraction of sp³-hybridized carbons (Fsp3) is 0.412. The van der Waals surface area contributed by atoms with Gasteiger partial charge in [-0.3, -0.25) is 0 Å². The molecule has 0 spiro atoms. The molecule has 2 aromatic carbocycles. The molecule has 0 bridgehead atoms. The first-order valence-corrected chi connectivity index (χ1v) is 6.99. The number of hydrogen-bond donors (Lipinski definition) is 1. The van der Waals surface area contributed by atoms with Crippen LogP contribution in [0.5, 0.6) is 0 Å². The van der Waals surface area contributed by atoms with Gasteiger partial charge in [0.2, 0.25) is 0 Å². The smallest absolute Gasteiger partial charge is 0.0294 e. The number of benzene rings is 2. The molecule has 1 N–H and O–H groups in total. The van der Waals surface area contributed by atoms with Crippen molar-refractivity contribution in [2.75, 3.05) is 0 Å². The monoisotopic (exact) mass is 239 g/mol. The molecule has 2 aromatic rings.